The normalized spacial score (nSPS) is 9.94. The molecule has 2 rings (SSSR count). The molecule has 2 aromatic rings. The molecule has 0 radical (unpaired) electrons. The van der Waals surface area contributed by atoms with E-state index in [1.165, 1.54) is 12.4 Å². The third-order valence-electron chi connectivity index (χ3n) is 1.91. The van der Waals surface area contributed by atoms with Crippen LogP contribution in [0, 0.1) is 0 Å². The molecule has 0 bridgehead atoms. The van der Waals surface area contributed by atoms with E-state index < -0.39 is 0 Å². The summed E-state index contributed by atoms with van der Waals surface area (Å²) < 4.78 is 5.53. The molecule has 4 nitrogen and oxygen atoms in total. The van der Waals surface area contributed by atoms with Gasteiger partial charge in [0.25, 0.3) is 0 Å². The molecule has 0 aliphatic rings. The Bertz CT molecular complexity index is 562. The van der Waals surface area contributed by atoms with Gasteiger partial charge in [0.1, 0.15) is 10.7 Å². The molecule has 17 heavy (non-hydrogen) atoms. The number of nitrogens with zero attached hydrogens (tertiary/aromatic N) is 2. The van der Waals surface area contributed by atoms with Gasteiger partial charge in [-0.3, -0.25) is 0 Å². The van der Waals surface area contributed by atoms with Crippen molar-refractivity contribution in [1.29, 1.82) is 0 Å². The number of nitrogens with two attached hydrogens (primary N) is 1. The SMILES string of the molecule is NC(=S)c1nccnc1Oc1cccc(Cl)c1. The highest BCUT2D eigenvalue weighted by Crippen LogP contribution is 2.24. The van der Waals surface area contributed by atoms with Crippen molar-refractivity contribution >= 4 is 28.8 Å². The summed E-state index contributed by atoms with van der Waals surface area (Å²) in [6.45, 7) is 0. The van der Waals surface area contributed by atoms with Gasteiger partial charge in [0.2, 0.25) is 5.88 Å². The van der Waals surface area contributed by atoms with Crippen LogP contribution in [0.25, 0.3) is 0 Å². The first-order valence-corrected chi connectivity index (χ1v) is 5.49. The summed E-state index contributed by atoms with van der Waals surface area (Å²) in [6.07, 6.45) is 3.00. The minimum atomic E-state index is 0.134. The fourth-order valence-electron chi connectivity index (χ4n) is 1.21. The van der Waals surface area contributed by atoms with E-state index in [9.17, 15) is 0 Å². The Kier molecular flexibility index (Phi) is 3.51. The molecule has 0 atom stereocenters. The maximum Gasteiger partial charge on any atom is 0.248 e. The zero-order chi connectivity index (χ0) is 12.3. The number of benzene rings is 1. The minimum absolute atomic E-state index is 0.134. The Hall–Kier alpha value is -1.72. The second-order valence-electron chi connectivity index (χ2n) is 3.13. The zero-order valence-electron chi connectivity index (χ0n) is 8.63. The molecule has 1 aromatic heterocycles. The number of aromatic nitrogens is 2. The standard InChI is InChI=1S/C11H8ClN3OS/c12-7-2-1-3-8(6-7)16-11-9(10(13)17)14-4-5-15-11/h1-6H,(H2,13,17). The molecular weight excluding hydrogens is 258 g/mol. The molecule has 0 amide bonds. The van der Waals surface area contributed by atoms with Gasteiger partial charge in [-0.15, -0.1) is 0 Å². The molecule has 2 N–H and O–H groups in total. The number of thiocarbonyl (C=S) groups is 1. The molecule has 86 valence electrons. The Morgan fingerprint density at radius 1 is 1.29 bits per heavy atom. The van der Waals surface area contributed by atoms with Gasteiger partial charge in [-0.05, 0) is 18.2 Å². The van der Waals surface area contributed by atoms with Gasteiger partial charge in [0, 0.05) is 17.4 Å². The summed E-state index contributed by atoms with van der Waals surface area (Å²) in [4.78, 5) is 8.17. The Morgan fingerprint density at radius 3 is 2.76 bits per heavy atom. The second-order valence-corrected chi connectivity index (χ2v) is 4.01. The fraction of sp³-hybridized carbons (Fsp3) is 0. The molecule has 0 aliphatic carbocycles. The average Bonchev–Trinajstić information content (AvgIpc) is 2.29. The quantitative estimate of drug-likeness (QED) is 0.865. The lowest BCUT2D eigenvalue weighted by atomic mass is 10.3. The van der Waals surface area contributed by atoms with Crippen molar-refractivity contribution in [2.75, 3.05) is 0 Å². The highest BCUT2D eigenvalue weighted by Gasteiger charge is 2.10. The lowest BCUT2D eigenvalue weighted by Gasteiger charge is -2.07. The number of hydrogen-bond acceptors (Lipinski definition) is 4. The van der Waals surface area contributed by atoms with Crippen molar-refractivity contribution in [1.82, 2.24) is 9.97 Å². The maximum absolute atomic E-state index is 5.85. The zero-order valence-corrected chi connectivity index (χ0v) is 10.2. The monoisotopic (exact) mass is 265 g/mol. The molecular formula is C11H8ClN3OS. The first-order valence-electron chi connectivity index (χ1n) is 4.71. The van der Waals surface area contributed by atoms with Gasteiger partial charge in [-0.25, -0.2) is 9.97 Å². The van der Waals surface area contributed by atoms with E-state index in [2.05, 4.69) is 9.97 Å². The van der Waals surface area contributed by atoms with E-state index in [1.54, 1.807) is 24.3 Å². The van der Waals surface area contributed by atoms with E-state index >= 15 is 0 Å². The van der Waals surface area contributed by atoms with Gasteiger partial charge in [-0.1, -0.05) is 29.9 Å². The molecule has 0 fully saturated rings. The van der Waals surface area contributed by atoms with Crippen LogP contribution in [-0.2, 0) is 0 Å². The topological polar surface area (TPSA) is 61.0 Å². The Labute approximate surface area is 108 Å². The third-order valence-corrected chi connectivity index (χ3v) is 2.34. The van der Waals surface area contributed by atoms with Crippen LogP contribution in [-0.4, -0.2) is 15.0 Å². The predicted octanol–water partition coefficient (Wildman–Crippen LogP) is 2.56. The number of ether oxygens (including phenoxy) is 1. The van der Waals surface area contributed by atoms with Crippen LogP contribution in [0.2, 0.25) is 5.02 Å². The van der Waals surface area contributed by atoms with E-state index in [4.69, 9.17) is 34.3 Å². The summed E-state index contributed by atoms with van der Waals surface area (Å²) >= 11 is 10.7. The van der Waals surface area contributed by atoms with Crippen molar-refractivity contribution in [3.63, 3.8) is 0 Å². The van der Waals surface area contributed by atoms with Gasteiger partial charge in [0.05, 0.1) is 0 Å². The summed E-state index contributed by atoms with van der Waals surface area (Å²) in [5.74, 6) is 0.817. The van der Waals surface area contributed by atoms with Crippen LogP contribution in [0.4, 0.5) is 0 Å². The molecule has 0 spiro atoms. The van der Waals surface area contributed by atoms with Crippen LogP contribution < -0.4 is 10.5 Å². The van der Waals surface area contributed by atoms with Crippen molar-refractivity contribution in [3.8, 4) is 11.6 Å². The molecule has 1 aromatic carbocycles. The fourth-order valence-corrected chi connectivity index (χ4v) is 1.53. The van der Waals surface area contributed by atoms with Crippen molar-refractivity contribution in [3.05, 3.63) is 47.4 Å². The second kappa shape index (κ2) is 5.07. The highest BCUT2D eigenvalue weighted by molar-refractivity contribution is 7.80. The molecule has 0 saturated carbocycles. The predicted molar refractivity (Wildman–Crippen MR) is 69.4 cm³/mol. The summed E-state index contributed by atoms with van der Waals surface area (Å²) in [6, 6.07) is 6.94. The molecule has 0 saturated heterocycles. The van der Waals surface area contributed by atoms with Crippen molar-refractivity contribution in [2.24, 2.45) is 5.73 Å². The summed E-state index contributed by atoms with van der Waals surface area (Å²) in [7, 11) is 0. The van der Waals surface area contributed by atoms with Crippen molar-refractivity contribution in [2.45, 2.75) is 0 Å². The van der Waals surface area contributed by atoms with E-state index in [0.717, 1.165) is 0 Å². The highest BCUT2D eigenvalue weighted by atomic mass is 35.5. The summed E-state index contributed by atoms with van der Waals surface area (Å²) in [5, 5.41) is 0.572. The van der Waals surface area contributed by atoms with Crippen LogP contribution in [0.15, 0.2) is 36.7 Å². The first-order chi connectivity index (χ1) is 8.16. The Balaban J connectivity index is 2.33. The number of rotatable bonds is 3. The summed E-state index contributed by atoms with van der Waals surface area (Å²) in [5.41, 5.74) is 5.87. The van der Waals surface area contributed by atoms with Gasteiger partial charge >= 0.3 is 0 Å². The largest absolute Gasteiger partial charge is 0.437 e. The maximum atomic E-state index is 5.85. The van der Waals surface area contributed by atoms with E-state index in [0.29, 0.717) is 16.5 Å². The third kappa shape index (κ3) is 2.89. The first kappa shape index (κ1) is 11.8. The molecule has 6 heteroatoms. The van der Waals surface area contributed by atoms with Crippen LogP contribution in [0.3, 0.4) is 0 Å². The van der Waals surface area contributed by atoms with Gasteiger partial charge in [-0.2, -0.15) is 0 Å². The molecule has 0 unspecified atom stereocenters. The van der Waals surface area contributed by atoms with E-state index in [1.807, 2.05) is 0 Å². The van der Waals surface area contributed by atoms with E-state index in [-0.39, 0.29) is 10.9 Å². The molecule has 0 aliphatic heterocycles. The number of hydrogen-bond donors (Lipinski definition) is 1. The van der Waals surface area contributed by atoms with Crippen LogP contribution in [0.1, 0.15) is 5.69 Å². The molecule has 1 heterocycles. The van der Waals surface area contributed by atoms with Gasteiger partial charge < -0.3 is 10.5 Å². The van der Waals surface area contributed by atoms with Crippen LogP contribution in [0.5, 0.6) is 11.6 Å². The average molecular weight is 266 g/mol. The Morgan fingerprint density at radius 2 is 2.06 bits per heavy atom. The number of halogens is 1. The van der Waals surface area contributed by atoms with Gasteiger partial charge in [0.15, 0.2) is 5.69 Å². The van der Waals surface area contributed by atoms with Crippen molar-refractivity contribution < 1.29 is 4.74 Å². The lowest BCUT2D eigenvalue weighted by molar-refractivity contribution is 0.459. The minimum Gasteiger partial charge on any atom is -0.437 e. The van der Waals surface area contributed by atoms with Crippen LogP contribution >= 0.6 is 23.8 Å². The lowest BCUT2D eigenvalue weighted by Crippen LogP contribution is -2.13. The smallest absolute Gasteiger partial charge is 0.248 e.